The van der Waals surface area contributed by atoms with Crippen LogP contribution in [0.5, 0.6) is 0 Å². The fraction of sp³-hybridized carbons (Fsp3) is 0.171. The van der Waals surface area contributed by atoms with Crippen molar-refractivity contribution in [3.63, 3.8) is 0 Å². The number of rotatable bonds is 6. The summed E-state index contributed by atoms with van der Waals surface area (Å²) >= 11 is 30.1. The van der Waals surface area contributed by atoms with Crippen molar-refractivity contribution in [2.75, 3.05) is 5.32 Å². The molecule has 0 saturated heterocycles. The highest BCUT2D eigenvalue weighted by atomic mass is 35.5. The Morgan fingerprint density at radius 1 is 0.723 bits per heavy atom. The topological polar surface area (TPSA) is 84.8 Å². The minimum Gasteiger partial charge on any atom is -0.444 e. The van der Waals surface area contributed by atoms with Crippen LogP contribution in [0, 0.1) is 13.8 Å². The van der Waals surface area contributed by atoms with Gasteiger partial charge in [0.15, 0.2) is 15.3 Å². The molecule has 0 aliphatic rings. The summed E-state index contributed by atoms with van der Waals surface area (Å²) in [6.07, 6.45) is -0.532. The van der Waals surface area contributed by atoms with Crippen LogP contribution in [-0.2, 0) is 4.74 Å². The maximum Gasteiger partial charge on any atom is 0.412 e. The molecule has 0 radical (unpaired) electrons. The van der Waals surface area contributed by atoms with Crippen LogP contribution in [0.1, 0.15) is 63.7 Å². The maximum atomic E-state index is 12.5. The SMILES string of the molecule is Cc1cc(C(=O)c2ccc(N=C=S)cc2)ccc1Cl.Cc1cc(C(=O)c2ccc(NC(=O)OC(C)(C)C)cc2)ccc1Cl.S=C(Cl)Cl. The Morgan fingerprint density at radius 2 is 1.11 bits per heavy atom. The van der Waals surface area contributed by atoms with E-state index in [0.29, 0.717) is 43.7 Å². The number of thiocarbonyl (C=S) groups is 2. The van der Waals surface area contributed by atoms with E-state index in [-0.39, 0.29) is 15.3 Å². The van der Waals surface area contributed by atoms with Gasteiger partial charge < -0.3 is 4.74 Å². The summed E-state index contributed by atoms with van der Waals surface area (Å²) in [7, 11) is 0. The molecule has 0 aliphatic carbocycles. The number of hydrogen-bond acceptors (Lipinski definition) is 7. The summed E-state index contributed by atoms with van der Waals surface area (Å²) < 4.78 is 5.13. The molecule has 0 fully saturated rings. The Kier molecular flexibility index (Phi) is 15.9. The van der Waals surface area contributed by atoms with E-state index in [9.17, 15) is 14.4 Å². The van der Waals surface area contributed by atoms with Crippen molar-refractivity contribution in [1.82, 2.24) is 0 Å². The Bertz CT molecular complexity index is 1800. The molecule has 12 heteroatoms. The summed E-state index contributed by atoms with van der Waals surface area (Å²) in [5.41, 5.74) is 4.74. The van der Waals surface area contributed by atoms with Crippen LogP contribution in [0.25, 0.3) is 0 Å². The predicted molar refractivity (Wildman–Crippen MR) is 201 cm³/mol. The summed E-state index contributed by atoms with van der Waals surface area (Å²) in [5.74, 6) is -0.142. The average Bonchev–Trinajstić information content (AvgIpc) is 2.99. The monoisotopic (exact) mass is 746 g/mol. The Balaban J connectivity index is 0.000000299. The van der Waals surface area contributed by atoms with Crippen molar-refractivity contribution < 1.29 is 19.1 Å². The molecule has 0 heterocycles. The molecule has 4 rings (SSSR count). The van der Waals surface area contributed by atoms with Crippen molar-refractivity contribution in [1.29, 1.82) is 0 Å². The van der Waals surface area contributed by atoms with E-state index in [4.69, 9.17) is 51.1 Å². The molecule has 1 amide bonds. The molecular weight excluding hydrogens is 718 g/mol. The van der Waals surface area contributed by atoms with Gasteiger partial charge in [-0.2, -0.15) is 4.99 Å². The van der Waals surface area contributed by atoms with Gasteiger partial charge in [0.25, 0.3) is 0 Å². The largest absolute Gasteiger partial charge is 0.444 e. The molecular formula is C35H30Cl4N2O4S2. The number of ether oxygens (including phenoxy) is 1. The summed E-state index contributed by atoms with van der Waals surface area (Å²) in [5, 5.41) is 6.20. The fourth-order valence-corrected chi connectivity index (χ4v) is 4.11. The minimum atomic E-state index is -0.563. The van der Waals surface area contributed by atoms with E-state index in [1.807, 2.05) is 13.8 Å². The zero-order valence-electron chi connectivity index (χ0n) is 26.0. The van der Waals surface area contributed by atoms with Gasteiger partial charge in [-0.1, -0.05) is 58.6 Å². The van der Waals surface area contributed by atoms with Gasteiger partial charge in [-0.3, -0.25) is 14.9 Å². The molecule has 6 nitrogen and oxygen atoms in total. The number of carbonyl (C=O) groups excluding carboxylic acids is 3. The smallest absolute Gasteiger partial charge is 0.412 e. The third-order valence-corrected chi connectivity index (χ3v) is 6.88. The van der Waals surface area contributed by atoms with Crippen molar-refractivity contribution in [3.05, 3.63) is 128 Å². The summed E-state index contributed by atoms with van der Waals surface area (Å²) in [6.45, 7) is 9.11. The summed E-state index contributed by atoms with van der Waals surface area (Å²) in [4.78, 5) is 40.3. The van der Waals surface area contributed by atoms with Crippen LogP contribution in [0.15, 0.2) is 89.9 Å². The van der Waals surface area contributed by atoms with Crippen LogP contribution in [-0.4, -0.2) is 32.2 Å². The molecule has 4 aromatic rings. The molecule has 244 valence electrons. The lowest BCUT2D eigenvalue weighted by Gasteiger charge is -2.19. The molecule has 0 aromatic heterocycles. The Morgan fingerprint density at radius 3 is 1.47 bits per heavy atom. The van der Waals surface area contributed by atoms with Crippen LogP contribution in [0.4, 0.5) is 16.2 Å². The van der Waals surface area contributed by atoms with E-state index >= 15 is 0 Å². The quantitative estimate of drug-likeness (QED) is 0.0915. The molecule has 4 aromatic carbocycles. The van der Waals surface area contributed by atoms with Gasteiger partial charge in [0.05, 0.1) is 10.8 Å². The average molecular weight is 749 g/mol. The predicted octanol–water partition coefficient (Wildman–Crippen LogP) is 11.6. The van der Waals surface area contributed by atoms with Crippen molar-refractivity contribution in [3.8, 4) is 0 Å². The zero-order valence-corrected chi connectivity index (χ0v) is 30.6. The highest BCUT2D eigenvalue weighted by molar-refractivity contribution is 7.86. The highest BCUT2D eigenvalue weighted by Gasteiger charge is 2.17. The number of ketones is 2. The number of amides is 1. The number of anilines is 1. The van der Waals surface area contributed by atoms with E-state index in [2.05, 4.69) is 39.9 Å². The maximum absolute atomic E-state index is 12.5. The Hall–Kier alpha value is -3.46. The van der Waals surface area contributed by atoms with Gasteiger partial charge >= 0.3 is 6.09 Å². The molecule has 1 N–H and O–H groups in total. The molecule has 0 atom stereocenters. The van der Waals surface area contributed by atoms with Gasteiger partial charge in [-0.15, -0.1) is 0 Å². The molecule has 0 bridgehead atoms. The number of aliphatic imine (C=N–C) groups is 1. The van der Waals surface area contributed by atoms with Gasteiger partial charge in [0.2, 0.25) is 0 Å². The first kappa shape index (κ1) is 39.7. The number of aryl methyl sites for hydroxylation is 2. The number of isothiocyanates is 1. The number of nitrogens with one attached hydrogen (secondary N) is 1. The van der Waals surface area contributed by atoms with Crippen LogP contribution < -0.4 is 5.32 Å². The number of hydrogen-bond donors (Lipinski definition) is 1. The van der Waals surface area contributed by atoms with Gasteiger partial charge in [0.1, 0.15) is 5.60 Å². The van der Waals surface area contributed by atoms with E-state index in [0.717, 1.165) is 11.1 Å². The molecule has 0 aliphatic heterocycles. The van der Waals surface area contributed by atoms with Gasteiger partial charge in [0, 0.05) is 38.0 Å². The molecule has 0 saturated carbocycles. The minimum absolute atomic E-state index is 0.0438. The number of nitrogens with zero attached hydrogens (tertiary/aromatic N) is 1. The second-order valence-corrected chi connectivity index (χ2v) is 13.6. The second kappa shape index (κ2) is 18.8. The first-order valence-corrected chi connectivity index (χ1v) is 16.1. The van der Waals surface area contributed by atoms with Crippen molar-refractivity contribution in [2.45, 2.75) is 40.2 Å². The van der Waals surface area contributed by atoms with Crippen LogP contribution in [0.2, 0.25) is 10.0 Å². The third kappa shape index (κ3) is 14.1. The van der Waals surface area contributed by atoms with E-state index < -0.39 is 11.7 Å². The lowest BCUT2D eigenvalue weighted by molar-refractivity contribution is 0.0635. The zero-order chi connectivity index (χ0) is 35.3. The molecule has 47 heavy (non-hydrogen) atoms. The number of carbonyl (C=O) groups is 3. The lowest BCUT2D eigenvalue weighted by atomic mass is 10.0. The van der Waals surface area contributed by atoms with E-state index in [1.165, 1.54) is 0 Å². The van der Waals surface area contributed by atoms with Crippen molar-refractivity contribution >= 4 is 109 Å². The van der Waals surface area contributed by atoms with Crippen LogP contribution >= 0.6 is 70.8 Å². The number of benzene rings is 4. The lowest BCUT2D eigenvalue weighted by Crippen LogP contribution is -2.27. The first-order valence-electron chi connectivity index (χ1n) is 13.8. The second-order valence-electron chi connectivity index (χ2n) is 10.8. The van der Waals surface area contributed by atoms with Gasteiger partial charge in [-0.05, 0) is 143 Å². The molecule has 0 unspecified atom stereocenters. The highest BCUT2D eigenvalue weighted by Crippen LogP contribution is 2.21. The Labute approximate surface area is 305 Å². The standard InChI is InChI=1S/C19H20ClNO3.C15H10ClNOS.CCl2S/c1-12-11-14(7-10-16(12)20)17(22)13-5-8-15(9-6-13)21-18(23)24-19(2,3)4;1-10-8-12(4-7-14(10)16)15(18)11-2-5-13(6-3-11)17-9-19;2-1(3)4/h5-11H,1-4H3,(H,21,23);2-8H,1H3;. The third-order valence-electron chi connectivity index (χ3n) is 5.94. The van der Waals surface area contributed by atoms with Gasteiger partial charge in [-0.25, -0.2) is 4.79 Å². The normalized spacial score (nSPS) is 10.1. The van der Waals surface area contributed by atoms with E-state index in [1.54, 1.807) is 106 Å². The summed E-state index contributed by atoms with van der Waals surface area (Å²) in [6, 6.07) is 24.0. The molecule has 0 spiro atoms. The fourth-order valence-electron chi connectivity index (χ4n) is 3.77. The van der Waals surface area contributed by atoms with Crippen molar-refractivity contribution in [2.24, 2.45) is 4.99 Å². The first-order chi connectivity index (χ1) is 22.0. The van der Waals surface area contributed by atoms with Crippen LogP contribution in [0.3, 0.4) is 0 Å². The number of halogens is 4.